The molecule has 2 rings (SSSR count). The van der Waals surface area contributed by atoms with E-state index in [2.05, 4.69) is 20.7 Å². The highest BCUT2D eigenvalue weighted by molar-refractivity contribution is 5.84. The molecule has 0 bridgehead atoms. The zero-order valence-corrected chi connectivity index (χ0v) is 8.65. The van der Waals surface area contributed by atoms with Gasteiger partial charge in [-0.25, -0.2) is 10.1 Å². The van der Waals surface area contributed by atoms with Crippen molar-refractivity contribution < 1.29 is 10.2 Å². The first-order chi connectivity index (χ1) is 8.16. The number of anilines is 1. The van der Waals surface area contributed by atoms with Crippen LogP contribution in [0, 0.1) is 0 Å². The number of nitrogens with two attached hydrogens (primary N) is 1. The van der Waals surface area contributed by atoms with E-state index in [-0.39, 0.29) is 17.4 Å². The Balaban J connectivity index is 2.08. The fourth-order valence-corrected chi connectivity index (χ4v) is 1.12. The second-order valence-electron chi connectivity index (χ2n) is 3.17. The van der Waals surface area contributed by atoms with Crippen molar-refractivity contribution in [2.24, 2.45) is 5.10 Å². The molecule has 1 aromatic heterocycles. The molecule has 8 nitrogen and oxygen atoms in total. The van der Waals surface area contributed by atoms with E-state index < -0.39 is 0 Å². The summed E-state index contributed by atoms with van der Waals surface area (Å²) in [5.41, 5.74) is 2.99. The second-order valence-corrected chi connectivity index (χ2v) is 3.17. The third-order valence-corrected chi connectivity index (χ3v) is 1.96. The Hall–Kier alpha value is -2.77. The Labute approximate surface area is 96.0 Å². The summed E-state index contributed by atoms with van der Waals surface area (Å²) < 4.78 is 1.16. The number of phenolic OH excluding ortho intramolecular Hbond substituents is 2. The highest BCUT2D eigenvalue weighted by Gasteiger charge is 2.00. The maximum atomic E-state index is 9.47. The van der Waals surface area contributed by atoms with E-state index >= 15 is 0 Å². The molecule has 0 amide bonds. The minimum atomic E-state index is -0.0789. The SMILES string of the molecule is Nn1cnnc1N/N=C\c1ccc(O)cc1O. The maximum Gasteiger partial charge on any atom is 0.263 e. The van der Waals surface area contributed by atoms with Crippen molar-refractivity contribution in [1.82, 2.24) is 14.9 Å². The van der Waals surface area contributed by atoms with Gasteiger partial charge in [0.15, 0.2) is 0 Å². The van der Waals surface area contributed by atoms with Crippen molar-refractivity contribution >= 4 is 12.2 Å². The van der Waals surface area contributed by atoms with Crippen LogP contribution in [0.3, 0.4) is 0 Å². The molecule has 0 fully saturated rings. The number of rotatable bonds is 3. The van der Waals surface area contributed by atoms with Gasteiger partial charge in [-0.15, -0.1) is 10.2 Å². The van der Waals surface area contributed by atoms with Gasteiger partial charge in [0.1, 0.15) is 17.8 Å². The van der Waals surface area contributed by atoms with Crippen LogP contribution in [0.2, 0.25) is 0 Å². The molecule has 0 aliphatic rings. The molecule has 1 aromatic carbocycles. The molecule has 0 unspecified atom stereocenters. The fourth-order valence-electron chi connectivity index (χ4n) is 1.12. The molecule has 2 aromatic rings. The second kappa shape index (κ2) is 4.39. The van der Waals surface area contributed by atoms with Crippen molar-refractivity contribution in [2.45, 2.75) is 0 Å². The molecule has 0 saturated heterocycles. The zero-order valence-electron chi connectivity index (χ0n) is 8.65. The highest BCUT2D eigenvalue weighted by Crippen LogP contribution is 2.20. The Morgan fingerprint density at radius 1 is 1.41 bits per heavy atom. The molecule has 88 valence electrons. The Morgan fingerprint density at radius 2 is 2.24 bits per heavy atom. The minimum absolute atomic E-state index is 0.0192. The van der Waals surface area contributed by atoms with Gasteiger partial charge in [-0.1, -0.05) is 0 Å². The van der Waals surface area contributed by atoms with E-state index in [0.717, 1.165) is 4.68 Å². The number of nitrogens with zero attached hydrogens (tertiary/aromatic N) is 4. The summed E-state index contributed by atoms with van der Waals surface area (Å²) in [6, 6.07) is 4.17. The summed E-state index contributed by atoms with van der Waals surface area (Å²) in [6.07, 6.45) is 2.68. The lowest BCUT2D eigenvalue weighted by Crippen LogP contribution is -2.10. The van der Waals surface area contributed by atoms with Crippen molar-refractivity contribution in [3.05, 3.63) is 30.1 Å². The number of hydrogen-bond donors (Lipinski definition) is 4. The molecule has 5 N–H and O–H groups in total. The molecule has 1 heterocycles. The predicted octanol–water partition coefficient (Wildman–Crippen LogP) is -0.151. The normalized spacial score (nSPS) is 10.8. The van der Waals surface area contributed by atoms with Gasteiger partial charge >= 0.3 is 0 Å². The van der Waals surface area contributed by atoms with Gasteiger partial charge < -0.3 is 16.1 Å². The van der Waals surface area contributed by atoms with Crippen molar-refractivity contribution in [2.75, 3.05) is 11.3 Å². The topological polar surface area (TPSA) is 122 Å². The van der Waals surface area contributed by atoms with Crippen molar-refractivity contribution in [3.8, 4) is 11.5 Å². The van der Waals surface area contributed by atoms with Crippen LogP contribution in [0.4, 0.5) is 5.95 Å². The van der Waals surface area contributed by atoms with Gasteiger partial charge in [0.2, 0.25) is 0 Å². The average molecular weight is 234 g/mol. The molecule has 8 heteroatoms. The molecule has 0 spiro atoms. The first kappa shape index (κ1) is 10.7. The Morgan fingerprint density at radius 3 is 2.88 bits per heavy atom. The average Bonchev–Trinajstić information content (AvgIpc) is 2.68. The van der Waals surface area contributed by atoms with Crippen LogP contribution in [0.5, 0.6) is 11.5 Å². The van der Waals surface area contributed by atoms with Gasteiger partial charge in [-0.2, -0.15) is 5.10 Å². The minimum Gasteiger partial charge on any atom is -0.508 e. The lowest BCUT2D eigenvalue weighted by atomic mass is 10.2. The lowest BCUT2D eigenvalue weighted by molar-refractivity contribution is 0.450. The predicted molar refractivity (Wildman–Crippen MR) is 61.2 cm³/mol. The van der Waals surface area contributed by atoms with Crippen LogP contribution in [-0.2, 0) is 0 Å². The van der Waals surface area contributed by atoms with Crippen molar-refractivity contribution in [1.29, 1.82) is 0 Å². The molecular formula is C9H10N6O2. The van der Waals surface area contributed by atoms with Gasteiger partial charge in [-0.3, -0.25) is 0 Å². The molecule has 0 radical (unpaired) electrons. The first-order valence-electron chi connectivity index (χ1n) is 4.63. The third kappa shape index (κ3) is 2.43. The molecule has 0 aliphatic carbocycles. The van der Waals surface area contributed by atoms with Crippen LogP contribution in [0.1, 0.15) is 5.56 Å². The highest BCUT2D eigenvalue weighted by atomic mass is 16.3. The smallest absolute Gasteiger partial charge is 0.263 e. The van der Waals surface area contributed by atoms with E-state index in [1.165, 1.54) is 30.7 Å². The summed E-state index contributed by atoms with van der Waals surface area (Å²) in [5.74, 6) is 5.61. The van der Waals surface area contributed by atoms with Gasteiger partial charge in [-0.05, 0) is 12.1 Å². The molecular weight excluding hydrogens is 224 g/mol. The van der Waals surface area contributed by atoms with E-state index in [9.17, 15) is 5.11 Å². The van der Waals surface area contributed by atoms with E-state index in [0.29, 0.717) is 5.56 Å². The zero-order chi connectivity index (χ0) is 12.3. The fraction of sp³-hybridized carbons (Fsp3) is 0. The number of hydrogen-bond acceptors (Lipinski definition) is 7. The van der Waals surface area contributed by atoms with Crippen LogP contribution in [0.15, 0.2) is 29.6 Å². The van der Waals surface area contributed by atoms with Crippen LogP contribution >= 0.6 is 0 Å². The van der Waals surface area contributed by atoms with Crippen LogP contribution in [-0.4, -0.2) is 31.3 Å². The molecule has 0 saturated carbocycles. The molecule has 0 atom stereocenters. The summed E-state index contributed by atoms with van der Waals surface area (Å²) in [4.78, 5) is 0. The first-order valence-corrected chi connectivity index (χ1v) is 4.63. The summed E-state index contributed by atoms with van der Waals surface area (Å²) in [7, 11) is 0. The molecule has 0 aliphatic heterocycles. The standard InChI is InChI=1S/C9H10N6O2/c10-15-5-12-14-9(15)13-11-4-6-1-2-7(16)3-8(6)17/h1-5,16-17H,10H2,(H,13,14)/b11-4-. The monoisotopic (exact) mass is 234 g/mol. The van der Waals surface area contributed by atoms with E-state index in [1.807, 2.05) is 0 Å². The van der Waals surface area contributed by atoms with Crippen LogP contribution in [0.25, 0.3) is 0 Å². The van der Waals surface area contributed by atoms with E-state index in [4.69, 9.17) is 10.9 Å². The number of hydrazone groups is 1. The van der Waals surface area contributed by atoms with Gasteiger partial charge in [0.25, 0.3) is 5.95 Å². The quantitative estimate of drug-likeness (QED) is 0.333. The van der Waals surface area contributed by atoms with Gasteiger partial charge in [0.05, 0.1) is 6.21 Å². The number of benzene rings is 1. The lowest BCUT2D eigenvalue weighted by Gasteiger charge is -2.00. The number of nitrogens with one attached hydrogen (secondary N) is 1. The summed E-state index contributed by atoms with van der Waals surface area (Å²) in [5, 5.41) is 29.6. The number of nitrogen functional groups attached to an aromatic ring is 1. The molecule has 17 heavy (non-hydrogen) atoms. The Bertz CT molecular complexity index is 550. The maximum absolute atomic E-state index is 9.47. The summed E-state index contributed by atoms with van der Waals surface area (Å²) >= 11 is 0. The van der Waals surface area contributed by atoms with Crippen LogP contribution < -0.4 is 11.3 Å². The third-order valence-electron chi connectivity index (χ3n) is 1.96. The number of aromatic hydroxyl groups is 2. The van der Waals surface area contributed by atoms with Crippen molar-refractivity contribution in [3.63, 3.8) is 0 Å². The Kier molecular flexibility index (Phi) is 2.77. The number of phenols is 2. The largest absolute Gasteiger partial charge is 0.508 e. The number of aromatic nitrogens is 3. The van der Waals surface area contributed by atoms with E-state index in [1.54, 1.807) is 0 Å². The van der Waals surface area contributed by atoms with Gasteiger partial charge in [0, 0.05) is 11.6 Å². The summed E-state index contributed by atoms with van der Waals surface area (Å²) in [6.45, 7) is 0.